The lowest BCUT2D eigenvalue weighted by molar-refractivity contribution is 0.588. The van der Waals surface area contributed by atoms with Crippen molar-refractivity contribution in [2.24, 2.45) is 25.4 Å². The van der Waals surface area contributed by atoms with Gasteiger partial charge < -0.3 is 16.0 Å². The topological polar surface area (TPSA) is 109 Å². The van der Waals surface area contributed by atoms with Crippen molar-refractivity contribution in [1.82, 2.24) is 16.0 Å². The van der Waals surface area contributed by atoms with Crippen molar-refractivity contribution in [1.29, 1.82) is 5.26 Å². The molecule has 1 aliphatic carbocycles. The van der Waals surface area contributed by atoms with Crippen molar-refractivity contribution in [2.45, 2.75) is 27.2 Å². The number of aliphatic imine (C=N–C) groups is 4. The largest absolute Gasteiger partial charge is 0.384 e. The molecule has 10 heteroatoms. The van der Waals surface area contributed by atoms with E-state index in [9.17, 15) is 0 Å². The lowest BCUT2D eigenvalue weighted by Crippen LogP contribution is -2.39. The van der Waals surface area contributed by atoms with Gasteiger partial charge in [0.2, 0.25) is 5.96 Å². The Bertz CT molecular complexity index is 1190. The summed E-state index contributed by atoms with van der Waals surface area (Å²) in [5.41, 5.74) is 2.70. The number of nitrogens with zero attached hydrogens (tertiary/aromatic N) is 5. The Kier molecular flexibility index (Phi) is 11.6. The number of halogens is 2. The fourth-order valence-electron chi connectivity index (χ4n) is 3.54. The van der Waals surface area contributed by atoms with Crippen LogP contribution in [0.25, 0.3) is 0 Å². The minimum Gasteiger partial charge on any atom is -0.384 e. The zero-order valence-electron chi connectivity index (χ0n) is 21.8. The SMILES string of the molecule is C=C(C#N)/C=C\C(=NC)NCCNC(=NCC)N=C(C(=C)C1=NC(C)=CNC1)C1(C)CC=C(Cl)C=C1Cl. The van der Waals surface area contributed by atoms with Gasteiger partial charge in [0.1, 0.15) is 5.84 Å². The summed E-state index contributed by atoms with van der Waals surface area (Å²) in [7, 11) is 1.67. The van der Waals surface area contributed by atoms with E-state index in [-0.39, 0.29) is 0 Å². The van der Waals surface area contributed by atoms with E-state index in [1.54, 1.807) is 25.3 Å². The van der Waals surface area contributed by atoms with E-state index in [4.69, 9.17) is 33.5 Å². The molecule has 1 aliphatic heterocycles. The number of nitrogens with one attached hydrogen (secondary N) is 3. The second-order valence-electron chi connectivity index (χ2n) is 8.51. The van der Waals surface area contributed by atoms with Crippen LogP contribution in [-0.2, 0) is 0 Å². The molecule has 0 fully saturated rings. The first-order chi connectivity index (χ1) is 17.6. The maximum Gasteiger partial charge on any atom is 0.218 e. The Balaban J connectivity index is 2.30. The van der Waals surface area contributed by atoms with Gasteiger partial charge in [-0.05, 0) is 45.4 Å². The molecule has 1 atom stereocenters. The van der Waals surface area contributed by atoms with Crippen LogP contribution in [0.3, 0.4) is 0 Å². The van der Waals surface area contributed by atoms with Crippen LogP contribution in [-0.4, -0.2) is 56.4 Å². The zero-order valence-corrected chi connectivity index (χ0v) is 23.3. The smallest absolute Gasteiger partial charge is 0.218 e. The highest BCUT2D eigenvalue weighted by Gasteiger charge is 2.38. The Morgan fingerprint density at radius 2 is 2.03 bits per heavy atom. The molecule has 0 bridgehead atoms. The van der Waals surface area contributed by atoms with Crippen molar-refractivity contribution < 1.29 is 0 Å². The Morgan fingerprint density at radius 1 is 1.30 bits per heavy atom. The van der Waals surface area contributed by atoms with Crippen LogP contribution in [0.5, 0.6) is 0 Å². The van der Waals surface area contributed by atoms with E-state index in [0.717, 1.165) is 11.4 Å². The van der Waals surface area contributed by atoms with Gasteiger partial charge in [0, 0.05) is 59.5 Å². The predicted molar refractivity (Wildman–Crippen MR) is 158 cm³/mol. The maximum atomic E-state index is 8.86. The molecule has 1 unspecified atom stereocenters. The number of amidine groups is 1. The molecule has 0 saturated heterocycles. The molecule has 0 saturated carbocycles. The molecule has 1 heterocycles. The normalized spacial score (nSPS) is 20.7. The number of hydrogen-bond acceptors (Lipinski definition) is 5. The first-order valence-corrected chi connectivity index (χ1v) is 12.7. The van der Waals surface area contributed by atoms with Gasteiger partial charge in [-0.15, -0.1) is 0 Å². The summed E-state index contributed by atoms with van der Waals surface area (Å²) in [5.74, 6) is 1.10. The molecule has 0 spiro atoms. The average Bonchev–Trinajstić information content (AvgIpc) is 2.88. The van der Waals surface area contributed by atoms with Crippen molar-refractivity contribution in [3.63, 3.8) is 0 Å². The van der Waals surface area contributed by atoms with Crippen LogP contribution in [0, 0.1) is 16.7 Å². The molecule has 8 nitrogen and oxygen atoms in total. The van der Waals surface area contributed by atoms with Gasteiger partial charge in [0.05, 0.1) is 29.7 Å². The Morgan fingerprint density at radius 3 is 2.65 bits per heavy atom. The van der Waals surface area contributed by atoms with Crippen LogP contribution in [0.15, 0.2) is 90.5 Å². The van der Waals surface area contributed by atoms with Gasteiger partial charge >= 0.3 is 0 Å². The minimum absolute atomic E-state index is 0.351. The fourth-order valence-corrected chi connectivity index (χ4v) is 4.07. The lowest BCUT2D eigenvalue weighted by atomic mass is 9.75. The standard InChI is InChI=1S/C27H34Cl2N8/c1-7-33-26(35-13-12-34-24(31-6)9-8-18(2)15-30)37-25(20(4)22-17-32-16-19(3)36-22)27(5)11-10-21(28)14-23(27)29/h8-10,14,16,32H,2,4,7,11-13,17H2,1,3,5-6H3,(H,31,34)(H,33,35)/b9-8-,37-25?. The third-order valence-corrected chi connectivity index (χ3v) is 6.40. The molecular formula is C27H34Cl2N8. The molecule has 2 aliphatic rings. The third kappa shape index (κ3) is 8.59. The highest BCUT2D eigenvalue weighted by molar-refractivity contribution is 6.39. The lowest BCUT2D eigenvalue weighted by Gasteiger charge is -2.34. The molecule has 196 valence electrons. The quantitative estimate of drug-likeness (QED) is 0.129. The number of allylic oxidation sites excluding steroid dienone is 7. The van der Waals surface area contributed by atoms with Gasteiger partial charge in [-0.2, -0.15) is 5.26 Å². The van der Waals surface area contributed by atoms with E-state index >= 15 is 0 Å². The van der Waals surface area contributed by atoms with Crippen molar-refractivity contribution >= 4 is 46.4 Å². The summed E-state index contributed by atoms with van der Waals surface area (Å²) >= 11 is 13.0. The molecule has 0 aromatic heterocycles. The summed E-state index contributed by atoms with van der Waals surface area (Å²) in [6, 6.07) is 1.98. The summed E-state index contributed by atoms with van der Waals surface area (Å²) in [6.07, 6.45) is 9.41. The molecule has 0 amide bonds. The summed E-state index contributed by atoms with van der Waals surface area (Å²) in [5, 5.41) is 19.7. The van der Waals surface area contributed by atoms with Crippen LogP contribution >= 0.6 is 23.2 Å². The van der Waals surface area contributed by atoms with Crippen LogP contribution in [0.4, 0.5) is 0 Å². The fraction of sp³-hybridized carbons (Fsp3) is 0.370. The van der Waals surface area contributed by atoms with Crippen LogP contribution in [0.2, 0.25) is 0 Å². The Labute approximate surface area is 229 Å². The molecule has 0 aromatic carbocycles. The summed E-state index contributed by atoms with van der Waals surface area (Å²) < 4.78 is 0. The maximum absolute atomic E-state index is 8.86. The summed E-state index contributed by atoms with van der Waals surface area (Å²) in [6.45, 7) is 16.0. The van der Waals surface area contributed by atoms with Gasteiger partial charge in [-0.25, -0.2) is 4.99 Å². The zero-order chi connectivity index (χ0) is 27.4. The van der Waals surface area contributed by atoms with E-state index < -0.39 is 5.41 Å². The molecular weight excluding hydrogens is 507 g/mol. The minimum atomic E-state index is -0.654. The van der Waals surface area contributed by atoms with E-state index in [1.807, 2.05) is 39.1 Å². The van der Waals surface area contributed by atoms with Gasteiger partial charge in [0.15, 0.2) is 0 Å². The van der Waals surface area contributed by atoms with Gasteiger partial charge in [-0.1, -0.05) is 42.4 Å². The number of hydrogen-bond donors (Lipinski definition) is 3. The van der Waals surface area contributed by atoms with E-state index in [1.165, 1.54) is 0 Å². The molecule has 0 aromatic rings. The highest BCUT2D eigenvalue weighted by atomic mass is 35.5. The number of nitriles is 1. The van der Waals surface area contributed by atoms with E-state index in [2.05, 4.69) is 44.1 Å². The molecule has 0 radical (unpaired) electrons. The van der Waals surface area contributed by atoms with Crippen LogP contribution < -0.4 is 16.0 Å². The monoisotopic (exact) mass is 540 g/mol. The van der Waals surface area contributed by atoms with Crippen molar-refractivity contribution in [3.8, 4) is 6.07 Å². The highest BCUT2D eigenvalue weighted by Crippen LogP contribution is 2.42. The third-order valence-electron chi connectivity index (χ3n) is 5.61. The molecule has 2 rings (SSSR count). The number of guanidine groups is 1. The first-order valence-electron chi connectivity index (χ1n) is 11.9. The average molecular weight is 542 g/mol. The summed E-state index contributed by atoms with van der Waals surface area (Å²) in [4.78, 5) is 18.4. The number of rotatable bonds is 9. The van der Waals surface area contributed by atoms with Gasteiger partial charge in [-0.3, -0.25) is 15.0 Å². The molecule has 3 N–H and O–H groups in total. The van der Waals surface area contributed by atoms with Crippen molar-refractivity contribution in [2.75, 3.05) is 33.2 Å². The van der Waals surface area contributed by atoms with Crippen LogP contribution in [0.1, 0.15) is 27.2 Å². The van der Waals surface area contributed by atoms with Gasteiger partial charge in [0.25, 0.3) is 0 Å². The Hall–Kier alpha value is -3.41. The first kappa shape index (κ1) is 29.8. The predicted octanol–water partition coefficient (Wildman–Crippen LogP) is 4.76. The van der Waals surface area contributed by atoms with E-state index in [0.29, 0.717) is 71.3 Å². The van der Waals surface area contributed by atoms with Crippen molar-refractivity contribution in [3.05, 3.63) is 70.6 Å². The molecule has 37 heavy (non-hydrogen) atoms. The second-order valence-corrected chi connectivity index (χ2v) is 9.36. The second kappa shape index (κ2) is 14.4.